The van der Waals surface area contributed by atoms with E-state index in [9.17, 15) is 4.79 Å². The van der Waals surface area contributed by atoms with Gasteiger partial charge >= 0.3 is 0 Å². The summed E-state index contributed by atoms with van der Waals surface area (Å²) in [5, 5.41) is 3.37. The number of furan rings is 1. The van der Waals surface area contributed by atoms with Gasteiger partial charge in [-0.2, -0.15) is 0 Å². The summed E-state index contributed by atoms with van der Waals surface area (Å²) in [6, 6.07) is 2.20. The molecular formula is C14H19BrN2O2. The molecule has 4 nitrogen and oxygen atoms in total. The Hall–Kier alpha value is -0.810. The molecule has 1 aliphatic heterocycles. The van der Waals surface area contributed by atoms with E-state index in [0.29, 0.717) is 22.2 Å². The van der Waals surface area contributed by atoms with Crippen LogP contribution in [0.2, 0.25) is 0 Å². The van der Waals surface area contributed by atoms with Crippen LogP contribution in [0.4, 0.5) is 0 Å². The number of hydrogen-bond donors (Lipinski definition) is 1. The van der Waals surface area contributed by atoms with Gasteiger partial charge in [-0.3, -0.25) is 4.79 Å². The van der Waals surface area contributed by atoms with Crippen LogP contribution >= 0.6 is 15.9 Å². The quantitative estimate of drug-likeness (QED) is 0.925. The third-order valence-electron chi connectivity index (χ3n) is 4.01. The van der Waals surface area contributed by atoms with E-state index in [1.807, 2.05) is 0 Å². The van der Waals surface area contributed by atoms with Crippen molar-refractivity contribution in [2.45, 2.75) is 31.7 Å². The Balaban J connectivity index is 1.70. The highest BCUT2D eigenvalue weighted by molar-refractivity contribution is 9.10. The van der Waals surface area contributed by atoms with Crippen LogP contribution in [0.5, 0.6) is 0 Å². The van der Waals surface area contributed by atoms with Crippen molar-refractivity contribution in [3.8, 4) is 0 Å². The monoisotopic (exact) mass is 326 g/mol. The molecule has 1 aliphatic carbocycles. The molecule has 0 unspecified atom stereocenters. The highest BCUT2D eigenvalue weighted by Gasteiger charge is 2.35. The van der Waals surface area contributed by atoms with E-state index in [-0.39, 0.29) is 5.91 Å². The lowest BCUT2D eigenvalue weighted by atomic mass is 9.97. The lowest BCUT2D eigenvalue weighted by molar-refractivity contribution is 0.0699. The molecule has 0 atom stereocenters. The van der Waals surface area contributed by atoms with E-state index in [1.54, 1.807) is 12.3 Å². The second-order valence-electron chi connectivity index (χ2n) is 5.49. The first kappa shape index (κ1) is 13.2. The van der Waals surface area contributed by atoms with Crippen molar-refractivity contribution in [1.29, 1.82) is 0 Å². The zero-order valence-corrected chi connectivity index (χ0v) is 12.5. The topological polar surface area (TPSA) is 45.5 Å². The number of carbonyl (C=O) groups is 1. The van der Waals surface area contributed by atoms with Gasteiger partial charge in [0.15, 0.2) is 4.67 Å². The number of carbonyl (C=O) groups excluding carboxylic acids is 1. The summed E-state index contributed by atoms with van der Waals surface area (Å²) in [5.41, 5.74) is 0.654. The van der Waals surface area contributed by atoms with Gasteiger partial charge in [0.2, 0.25) is 0 Å². The van der Waals surface area contributed by atoms with Crippen LogP contribution in [0.3, 0.4) is 0 Å². The summed E-state index contributed by atoms with van der Waals surface area (Å²) in [4.78, 5) is 14.7. The van der Waals surface area contributed by atoms with Crippen molar-refractivity contribution >= 4 is 21.8 Å². The number of hydrogen-bond acceptors (Lipinski definition) is 3. The van der Waals surface area contributed by atoms with Crippen LogP contribution in [0.1, 0.15) is 36.0 Å². The molecule has 1 aromatic heterocycles. The van der Waals surface area contributed by atoms with Gasteiger partial charge in [-0.25, -0.2) is 0 Å². The molecule has 2 fully saturated rings. The van der Waals surface area contributed by atoms with Gasteiger partial charge in [-0.1, -0.05) is 0 Å². The molecule has 1 N–H and O–H groups in total. The number of amides is 1. The highest BCUT2D eigenvalue weighted by Crippen LogP contribution is 2.31. The second-order valence-corrected chi connectivity index (χ2v) is 6.21. The van der Waals surface area contributed by atoms with Crippen LogP contribution in [0, 0.1) is 5.92 Å². The molecule has 0 spiro atoms. The lowest BCUT2D eigenvalue weighted by Gasteiger charge is -2.30. The molecule has 2 heterocycles. The normalized spacial score (nSPS) is 20.5. The number of rotatable bonds is 4. The Morgan fingerprint density at radius 1 is 1.37 bits per heavy atom. The van der Waals surface area contributed by atoms with E-state index < -0.39 is 0 Å². The molecule has 1 aromatic rings. The molecular weight excluding hydrogens is 308 g/mol. The standard InChI is InChI=1S/C14H19BrN2O2/c15-13-12(5-8-19-13)14(18)17(11-1-2-11)9-10-3-6-16-7-4-10/h5,8,10-11,16H,1-4,6-7,9H2. The van der Waals surface area contributed by atoms with Gasteiger partial charge in [0.1, 0.15) is 0 Å². The van der Waals surface area contributed by atoms with Crippen LogP contribution in [-0.4, -0.2) is 36.5 Å². The van der Waals surface area contributed by atoms with E-state index in [0.717, 1.165) is 32.5 Å². The summed E-state index contributed by atoms with van der Waals surface area (Å²) in [6.45, 7) is 3.04. The van der Waals surface area contributed by atoms with Gasteiger partial charge < -0.3 is 14.6 Å². The fraction of sp³-hybridized carbons (Fsp3) is 0.643. The maximum Gasteiger partial charge on any atom is 0.258 e. The first-order chi connectivity index (χ1) is 9.25. The van der Waals surface area contributed by atoms with Crippen molar-refractivity contribution in [1.82, 2.24) is 10.2 Å². The molecule has 5 heteroatoms. The molecule has 0 bridgehead atoms. The van der Waals surface area contributed by atoms with Crippen molar-refractivity contribution in [3.63, 3.8) is 0 Å². The van der Waals surface area contributed by atoms with Crippen molar-refractivity contribution < 1.29 is 9.21 Å². The Morgan fingerprint density at radius 2 is 2.11 bits per heavy atom. The highest BCUT2D eigenvalue weighted by atomic mass is 79.9. The van der Waals surface area contributed by atoms with E-state index in [1.165, 1.54) is 12.8 Å². The summed E-state index contributed by atoms with van der Waals surface area (Å²) >= 11 is 3.31. The van der Waals surface area contributed by atoms with Gasteiger partial charge in [0.25, 0.3) is 5.91 Å². The molecule has 1 saturated carbocycles. The number of halogens is 1. The smallest absolute Gasteiger partial charge is 0.258 e. The molecule has 0 aromatic carbocycles. The van der Waals surface area contributed by atoms with E-state index in [2.05, 4.69) is 26.1 Å². The Labute approximate surface area is 121 Å². The first-order valence-electron chi connectivity index (χ1n) is 7.00. The minimum absolute atomic E-state index is 0.113. The van der Waals surface area contributed by atoms with Gasteiger partial charge in [0.05, 0.1) is 11.8 Å². The van der Waals surface area contributed by atoms with Crippen molar-refractivity contribution in [3.05, 3.63) is 22.6 Å². The van der Waals surface area contributed by atoms with Gasteiger partial charge in [-0.05, 0) is 66.7 Å². The third kappa shape index (κ3) is 3.03. The number of nitrogens with one attached hydrogen (secondary N) is 1. The van der Waals surface area contributed by atoms with E-state index in [4.69, 9.17) is 4.42 Å². The van der Waals surface area contributed by atoms with Gasteiger partial charge in [0, 0.05) is 12.6 Å². The average Bonchev–Trinajstić information content (AvgIpc) is 3.18. The minimum Gasteiger partial charge on any atom is -0.457 e. The lowest BCUT2D eigenvalue weighted by Crippen LogP contribution is -2.40. The summed E-state index contributed by atoms with van der Waals surface area (Å²) in [7, 11) is 0. The third-order valence-corrected chi connectivity index (χ3v) is 4.62. The van der Waals surface area contributed by atoms with Crippen LogP contribution in [0.15, 0.2) is 21.4 Å². The number of nitrogens with zero attached hydrogens (tertiary/aromatic N) is 1. The Kier molecular flexibility index (Phi) is 3.93. The fourth-order valence-corrected chi connectivity index (χ4v) is 3.14. The molecule has 2 aliphatic rings. The molecule has 1 saturated heterocycles. The fourth-order valence-electron chi connectivity index (χ4n) is 2.73. The summed E-state index contributed by atoms with van der Waals surface area (Å²) in [6.07, 6.45) is 6.19. The molecule has 1 amide bonds. The molecule has 0 radical (unpaired) electrons. The molecule has 3 rings (SSSR count). The zero-order chi connectivity index (χ0) is 13.2. The van der Waals surface area contributed by atoms with Crippen molar-refractivity contribution in [2.75, 3.05) is 19.6 Å². The molecule has 104 valence electrons. The van der Waals surface area contributed by atoms with Gasteiger partial charge in [-0.15, -0.1) is 0 Å². The predicted octanol–water partition coefficient (Wildman–Crippen LogP) is 2.65. The maximum atomic E-state index is 12.6. The summed E-state index contributed by atoms with van der Waals surface area (Å²) in [5.74, 6) is 0.748. The van der Waals surface area contributed by atoms with Crippen LogP contribution in [0.25, 0.3) is 0 Å². The second kappa shape index (κ2) is 5.67. The molecule has 19 heavy (non-hydrogen) atoms. The van der Waals surface area contributed by atoms with Crippen molar-refractivity contribution in [2.24, 2.45) is 5.92 Å². The predicted molar refractivity (Wildman–Crippen MR) is 76.1 cm³/mol. The summed E-state index contributed by atoms with van der Waals surface area (Å²) < 4.78 is 5.73. The SMILES string of the molecule is O=C(c1ccoc1Br)N(CC1CCNCC1)C1CC1. The average molecular weight is 327 g/mol. The van der Waals surface area contributed by atoms with E-state index >= 15 is 0 Å². The largest absolute Gasteiger partial charge is 0.457 e. The Bertz CT molecular complexity index is 450. The number of piperidine rings is 1. The van der Waals surface area contributed by atoms with Crippen LogP contribution < -0.4 is 5.32 Å². The Morgan fingerprint density at radius 3 is 2.68 bits per heavy atom. The maximum absolute atomic E-state index is 12.6. The first-order valence-corrected chi connectivity index (χ1v) is 7.79. The minimum atomic E-state index is 0.113. The zero-order valence-electron chi connectivity index (χ0n) is 10.9. The van der Waals surface area contributed by atoms with Crippen LogP contribution in [-0.2, 0) is 0 Å².